The SMILES string of the molecule is COC(=O)CCNC(=O)[C@@H]1O[P+](O)(N[C@@H](C)C(=O)OCc2cccnc2)OCC1(C)C. The fraction of sp³-hybridized carbons (Fsp3) is 0.579. The van der Waals surface area contributed by atoms with Gasteiger partial charge >= 0.3 is 20.0 Å². The summed E-state index contributed by atoms with van der Waals surface area (Å²) in [5, 5.41) is 5.20. The molecule has 3 atom stereocenters. The lowest BCUT2D eigenvalue weighted by Gasteiger charge is -2.37. The largest absolute Gasteiger partial charge is 0.500 e. The maximum Gasteiger partial charge on any atom is 0.500 e. The first kappa shape index (κ1) is 25.1. The molecule has 172 valence electrons. The molecule has 0 aromatic carbocycles. The van der Waals surface area contributed by atoms with E-state index in [0.717, 1.165) is 0 Å². The summed E-state index contributed by atoms with van der Waals surface area (Å²) in [5.74, 6) is -1.60. The average Bonchev–Trinajstić information content (AvgIpc) is 2.74. The zero-order chi connectivity index (χ0) is 23.1. The standard InChI is InChI=1S/C19H28N3O8P/c1-13(18(25)28-11-14-6-5-8-20-10-14)22-31(26)29-12-19(2,3)16(30-31)17(24)21-9-7-15(23)27-4/h5-6,8,10,13,16,22,26H,7,9,11-12H2,1-4H3/p+1/t13-,16-,31?/m0/s1. The second kappa shape index (κ2) is 10.9. The Bertz CT molecular complexity index is 779. The Hall–Kier alpha value is -2.17. The molecule has 1 saturated heterocycles. The van der Waals surface area contributed by atoms with Gasteiger partial charge < -0.3 is 14.8 Å². The van der Waals surface area contributed by atoms with Crippen LogP contribution in [0.5, 0.6) is 0 Å². The number of carbonyl (C=O) groups excluding carboxylic acids is 3. The number of amides is 1. The molecule has 1 aliphatic heterocycles. The molecule has 11 nitrogen and oxygen atoms in total. The number of hydrogen-bond donors (Lipinski definition) is 3. The molecule has 0 saturated carbocycles. The molecule has 0 aliphatic carbocycles. The fourth-order valence-electron chi connectivity index (χ4n) is 2.66. The van der Waals surface area contributed by atoms with Crippen LogP contribution in [-0.4, -0.2) is 60.1 Å². The van der Waals surface area contributed by atoms with E-state index in [2.05, 4.69) is 20.1 Å². The summed E-state index contributed by atoms with van der Waals surface area (Å²) in [7, 11) is -2.47. The van der Waals surface area contributed by atoms with E-state index in [1.54, 1.807) is 38.4 Å². The molecule has 12 heteroatoms. The maximum absolute atomic E-state index is 12.6. The fourth-order valence-corrected chi connectivity index (χ4v) is 4.62. The highest BCUT2D eigenvalue weighted by Crippen LogP contribution is 2.60. The molecule has 1 amide bonds. The molecule has 1 aromatic rings. The van der Waals surface area contributed by atoms with E-state index in [4.69, 9.17) is 13.8 Å². The Kier molecular flexibility index (Phi) is 8.84. The molecule has 1 aromatic heterocycles. The molecule has 1 fully saturated rings. The van der Waals surface area contributed by atoms with Gasteiger partial charge in [0, 0.05) is 29.9 Å². The van der Waals surface area contributed by atoms with Gasteiger partial charge in [-0.2, -0.15) is 9.42 Å². The number of pyridine rings is 1. The van der Waals surface area contributed by atoms with Crippen molar-refractivity contribution < 1.29 is 37.8 Å². The van der Waals surface area contributed by atoms with Crippen molar-refractivity contribution in [2.24, 2.45) is 5.41 Å². The van der Waals surface area contributed by atoms with Crippen LogP contribution < -0.4 is 10.4 Å². The molecule has 0 radical (unpaired) electrons. The third-order valence-corrected chi connectivity index (χ3v) is 6.17. The van der Waals surface area contributed by atoms with Gasteiger partial charge in [-0.3, -0.25) is 19.4 Å². The topological polar surface area (TPSA) is 145 Å². The monoisotopic (exact) mass is 458 g/mol. The first-order valence-electron chi connectivity index (χ1n) is 9.69. The van der Waals surface area contributed by atoms with E-state index in [1.165, 1.54) is 14.0 Å². The molecule has 31 heavy (non-hydrogen) atoms. The van der Waals surface area contributed by atoms with Crippen LogP contribution in [0.25, 0.3) is 0 Å². The van der Waals surface area contributed by atoms with Gasteiger partial charge in [0.1, 0.15) is 19.3 Å². The number of hydrogen-bond acceptors (Lipinski definition) is 10. The van der Waals surface area contributed by atoms with E-state index in [-0.39, 0.29) is 26.2 Å². The summed E-state index contributed by atoms with van der Waals surface area (Å²) in [4.78, 5) is 50.8. The van der Waals surface area contributed by atoms with Crippen molar-refractivity contribution in [3.63, 3.8) is 0 Å². The average molecular weight is 458 g/mol. The van der Waals surface area contributed by atoms with Crippen LogP contribution in [0.1, 0.15) is 32.8 Å². The molecular weight excluding hydrogens is 429 g/mol. The highest BCUT2D eigenvalue weighted by Gasteiger charge is 2.58. The maximum atomic E-state index is 12.6. The molecule has 1 aliphatic rings. The number of methoxy groups -OCH3 is 1. The quantitative estimate of drug-likeness (QED) is 0.360. The zero-order valence-electron chi connectivity index (χ0n) is 18.0. The van der Waals surface area contributed by atoms with Crippen molar-refractivity contribution in [1.82, 2.24) is 15.4 Å². The van der Waals surface area contributed by atoms with Gasteiger partial charge in [-0.1, -0.05) is 19.9 Å². The minimum Gasteiger partial charge on any atom is -0.469 e. The summed E-state index contributed by atoms with van der Waals surface area (Å²) in [5.41, 5.74) is -0.0417. The number of esters is 2. The first-order chi connectivity index (χ1) is 14.6. The van der Waals surface area contributed by atoms with Crippen molar-refractivity contribution in [1.29, 1.82) is 0 Å². The molecular formula is C19H29N3O8P+. The van der Waals surface area contributed by atoms with E-state index < -0.39 is 43.5 Å². The van der Waals surface area contributed by atoms with Crippen LogP contribution >= 0.6 is 8.09 Å². The molecule has 1 unspecified atom stereocenters. The van der Waals surface area contributed by atoms with Gasteiger partial charge in [-0.25, -0.2) is 0 Å². The van der Waals surface area contributed by atoms with Gasteiger partial charge in [0.15, 0.2) is 6.10 Å². The number of aromatic nitrogens is 1. The Morgan fingerprint density at radius 2 is 2.16 bits per heavy atom. The van der Waals surface area contributed by atoms with Crippen molar-refractivity contribution in [2.45, 2.75) is 45.9 Å². The van der Waals surface area contributed by atoms with Crippen LogP contribution in [0, 0.1) is 5.41 Å². The molecule has 2 heterocycles. The molecule has 3 N–H and O–H groups in total. The predicted octanol–water partition coefficient (Wildman–Crippen LogP) is 0.894. The Morgan fingerprint density at radius 1 is 1.42 bits per heavy atom. The number of nitrogens with zero attached hydrogens (tertiary/aromatic N) is 1. The lowest BCUT2D eigenvalue weighted by molar-refractivity contribution is -0.147. The van der Waals surface area contributed by atoms with Crippen LogP contribution in [0.3, 0.4) is 0 Å². The molecule has 0 bridgehead atoms. The molecule has 0 spiro atoms. The van der Waals surface area contributed by atoms with E-state index >= 15 is 0 Å². The molecule has 2 rings (SSSR count). The van der Waals surface area contributed by atoms with E-state index in [9.17, 15) is 19.3 Å². The number of rotatable bonds is 9. The second-order valence-corrected chi connectivity index (χ2v) is 9.47. The van der Waals surface area contributed by atoms with Crippen molar-refractivity contribution in [3.8, 4) is 0 Å². The summed E-state index contributed by atoms with van der Waals surface area (Å²) >= 11 is 0. The summed E-state index contributed by atoms with van der Waals surface area (Å²) < 4.78 is 20.8. The van der Waals surface area contributed by atoms with Crippen LogP contribution in [0.2, 0.25) is 0 Å². The van der Waals surface area contributed by atoms with Gasteiger partial charge in [0.05, 0.1) is 13.5 Å². The first-order valence-corrected chi connectivity index (χ1v) is 11.3. The Labute approximate surface area is 181 Å². The summed E-state index contributed by atoms with van der Waals surface area (Å²) in [6.07, 6.45) is 2.12. The van der Waals surface area contributed by atoms with E-state index in [0.29, 0.717) is 5.56 Å². The minimum absolute atomic E-state index is 0.00333. The number of nitrogens with one attached hydrogen (secondary N) is 2. The van der Waals surface area contributed by atoms with Crippen LogP contribution in [0.15, 0.2) is 24.5 Å². The van der Waals surface area contributed by atoms with Gasteiger partial charge in [-0.05, 0) is 13.0 Å². The van der Waals surface area contributed by atoms with Gasteiger partial charge in [0.2, 0.25) is 0 Å². The second-order valence-electron chi connectivity index (χ2n) is 7.70. The lowest BCUT2D eigenvalue weighted by Crippen LogP contribution is -2.52. The third-order valence-electron chi connectivity index (χ3n) is 4.48. The summed E-state index contributed by atoms with van der Waals surface area (Å²) in [6, 6.07) is 2.53. The number of carbonyl (C=O) groups is 3. The predicted molar refractivity (Wildman–Crippen MR) is 110 cm³/mol. The highest BCUT2D eigenvalue weighted by atomic mass is 31.2. The Balaban J connectivity index is 1.93. The zero-order valence-corrected chi connectivity index (χ0v) is 18.9. The Morgan fingerprint density at radius 3 is 2.81 bits per heavy atom. The third kappa shape index (κ3) is 7.48. The van der Waals surface area contributed by atoms with Crippen LogP contribution in [-0.2, 0) is 39.5 Å². The highest BCUT2D eigenvalue weighted by molar-refractivity contribution is 7.58. The summed E-state index contributed by atoms with van der Waals surface area (Å²) in [6.45, 7) is 5.07. The van der Waals surface area contributed by atoms with Crippen LogP contribution in [0.4, 0.5) is 0 Å². The van der Waals surface area contributed by atoms with Crippen molar-refractivity contribution in [3.05, 3.63) is 30.1 Å². The van der Waals surface area contributed by atoms with E-state index in [1.807, 2.05) is 0 Å². The van der Waals surface area contributed by atoms with Gasteiger partial charge in [-0.15, -0.1) is 9.61 Å². The minimum atomic E-state index is -3.73. The van der Waals surface area contributed by atoms with Crippen molar-refractivity contribution in [2.75, 3.05) is 20.3 Å². The lowest BCUT2D eigenvalue weighted by atomic mass is 9.87. The smallest absolute Gasteiger partial charge is 0.469 e. The normalized spacial score (nSPS) is 23.5. The number of ether oxygens (including phenoxy) is 2. The van der Waals surface area contributed by atoms with Crippen molar-refractivity contribution >= 4 is 25.9 Å². The van der Waals surface area contributed by atoms with Gasteiger partial charge in [0.25, 0.3) is 5.91 Å².